The van der Waals surface area contributed by atoms with Crippen molar-refractivity contribution < 1.29 is 9.53 Å². The summed E-state index contributed by atoms with van der Waals surface area (Å²) in [6.07, 6.45) is 6.77. The van der Waals surface area contributed by atoms with Crippen molar-refractivity contribution in [3.8, 4) is 5.75 Å². The number of ether oxygens (including phenoxy) is 1. The summed E-state index contributed by atoms with van der Waals surface area (Å²) in [6.45, 7) is 7.56. The molecule has 1 aromatic heterocycles. The molecule has 2 aliphatic rings. The number of carbonyl (C=O) groups is 1. The van der Waals surface area contributed by atoms with Gasteiger partial charge in [-0.25, -0.2) is 0 Å². The second kappa shape index (κ2) is 9.58. The molecule has 1 amide bonds. The minimum absolute atomic E-state index is 0.158. The maximum Gasteiger partial charge on any atom is 0.283 e. The number of amides is 1. The van der Waals surface area contributed by atoms with Gasteiger partial charge in [-0.3, -0.25) is 15.1 Å². The second-order valence-electron chi connectivity index (χ2n) is 8.84. The number of aliphatic imine (C=N–C) groups is 1. The van der Waals surface area contributed by atoms with Gasteiger partial charge in [0.1, 0.15) is 18.2 Å². The minimum Gasteiger partial charge on any atom is -0.492 e. The van der Waals surface area contributed by atoms with Crippen molar-refractivity contribution in [2.24, 2.45) is 4.99 Å². The van der Waals surface area contributed by atoms with Crippen LogP contribution in [-0.2, 0) is 11.3 Å². The molecule has 178 valence electrons. The van der Waals surface area contributed by atoms with Crippen LogP contribution in [0.2, 0.25) is 0 Å². The van der Waals surface area contributed by atoms with Crippen LogP contribution in [0.4, 0.5) is 0 Å². The van der Waals surface area contributed by atoms with E-state index in [0.717, 1.165) is 33.5 Å². The molecule has 7 heteroatoms. The molecule has 0 bridgehead atoms. The van der Waals surface area contributed by atoms with Gasteiger partial charge in [0, 0.05) is 33.8 Å². The summed E-state index contributed by atoms with van der Waals surface area (Å²) < 4.78 is 8.16. The summed E-state index contributed by atoms with van der Waals surface area (Å²) in [6, 6.07) is 16.4. The monoisotopic (exact) mass is 484 g/mol. The van der Waals surface area contributed by atoms with Gasteiger partial charge in [-0.05, 0) is 49.1 Å². The standard InChI is InChI=1S/C28H28N4O2S/c1-4-18(2)20-9-11-22(12-10-20)34-14-13-31-17-21(23-7-5-6-8-25(23)31)15-24-26(29)32-16-19(3)35-28(32)30-27(24)33/h5-12,15-18,29H,4,13-14H2,1-3H3/b24-15-,29-26?/t18-/m0/s1. The molecular weight excluding hydrogens is 456 g/mol. The van der Waals surface area contributed by atoms with E-state index in [9.17, 15) is 4.79 Å². The van der Waals surface area contributed by atoms with Crippen LogP contribution < -0.4 is 4.74 Å². The van der Waals surface area contributed by atoms with Crippen LogP contribution in [0.3, 0.4) is 0 Å². The molecule has 5 rings (SSSR count). The summed E-state index contributed by atoms with van der Waals surface area (Å²) in [4.78, 5) is 19.6. The molecule has 1 atom stereocenters. The maximum atomic E-state index is 12.7. The van der Waals surface area contributed by atoms with Gasteiger partial charge < -0.3 is 9.30 Å². The van der Waals surface area contributed by atoms with Crippen molar-refractivity contribution in [2.45, 2.75) is 39.7 Å². The first-order valence-corrected chi connectivity index (χ1v) is 12.7. The fourth-order valence-corrected chi connectivity index (χ4v) is 5.14. The number of carbonyl (C=O) groups excluding carboxylic acids is 1. The van der Waals surface area contributed by atoms with E-state index >= 15 is 0 Å². The van der Waals surface area contributed by atoms with Crippen LogP contribution in [0.5, 0.6) is 5.75 Å². The lowest BCUT2D eigenvalue weighted by molar-refractivity contribution is -0.114. The quantitative estimate of drug-likeness (QED) is 0.394. The molecule has 35 heavy (non-hydrogen) atoms. The number of rotatable bonds is 7. The Morgan fingerprint density at radius 3 is 2.71 bits per heavy atom. The van der Waals surface area contributed by atoms with Gasteiger partial charge >= 0.3 is 0 Å². The molecule has 1 N–H and O–H groups in total. The Morgan fingerprint density at radius 1 is 1.17 bits per heavy atom. The number of amidine groups is 2. The molecule has 0 unspecified atom stereocenters. The number of thioether (sulfide) groups is 1. The zero-order valence-corrected chi connectivity index (χ0v) is 20.9. The van der Waals surface area contributed by atoms with Gasteiger partial charge in [0.15, 0.2) is 5.17 Å². The predicted molar refractivity (Wildman–Crippen MR) is 144 cm³/mol. The minimum atomic E-state index is -0.377. The first kappa shape index (κ1) is 23.2. The van der Waals surface area contributed by atoms with Crippen molar-refractivity contribution in [1.29, 1.82) is 5.41 Å². The largest absolute Gasteiger partial charge is 0.492 e. The molecule has 2 aliphatic heterocycles. The van der Waals surface area contributed by atoms with Crippen LogP contribution in [0.1, 0.15) is 44.2 Å². The number of nitrogens with zero attached hydrogens (tertiary/aromatic N) is 3. The van der Waals surface area contributed by atoms with Crippen LogP contribution >= 0.6 is 11.8 Å². The third kappa shape index (κ3) is 4.56. The average Bonchev–Trinajstić information content (AvgIpc) is 3.41. The van der Waals surface area contributed by atoms with Crippen LogP contribution in [0.25, 0.3) is 17.0 Å². The normalized spacial score (nSPS) is 17.6. The average molecular weight is 485 g/mol. The van der Waals surface area contributed by atoms with Gasteiger partial charge in [0.05, 0.1) is 12.1 Å². The highest BCUT2D eigenvalue weighted by Gasteiger charge is 2.33. The van der Waals surface area contributed by atoms with Crippen molar-refractivity contribution in [1.82, 2.24) is 9.47 Å². The van der Waals surface area contributed by atoms with E-state index in [1.807, 2.05) is 49.7 Å². The van der Waals surface area contributed by atoms with Crippen molar-refractivity contribution in [3.63, 3.8) is 0 Å². The molecule has 0 spiro atoms. The van der Waals surface area contributed by atoms with E-state index in [1.54, 1.807) is 11.0 Å². The highest BCUT2D eigenvalue weighted by Crippen LogP contribution is 2.33. The fourth-order valence-electron chi connectivity index (χ4n) is 4.32. The third-order valence-corrected chi connectivity index (χ3v) is 7.37. The molecule has 0 saturated carbocycles. The van der Waals surface area contributed by atoms with Gasteiger partial charge in [0.2, 0.25) is 0 Å². The fraction of sp³-hybridized carbons (Fsp3) is 0.250. The lowest BCUT2D eigenvalue weighted by Crippen LogP contribution is -2.35. The van der Waals surface area contributed by atoms with Gasteiger partial charge in [0.25, 0.3) is 5.91 Å². The molecule has 0 radical (unpaired) electrons. The first-order chi connectivity index (χ1) is 16.9. The summed E-state index contributed by atoms with van der Waals surface area (Å²) in [5.74, 6) is 1.18. The summed E-state index contributed by atoms with van der Waals surface area (Å²) >= 11 is 1.41. The molecule has 0 saturated heterocycles. The van der Waals surface area contributed by atoms with Crippen LogP contribution in [-0.4, -0.2) is 33.0 Å². The van der Waals surface area contributed by atoms with Crippen LogP contribution in [0, 0.1) is 5.41 Å². The molecule has 0 fully saturated rings. The van der Waals surface area contributed by atoms with E-state index in [2.05, 4.69) is 41.6 Å². The lowest BCUT2D eigenvalue weighted by atomic mass is 9.99. The molecule has 0 aliphatic carbocycles. The van der Waals surface area contributed by atoms with Gasteiger partial charge in [-0.1, -0.05) is 55.9 Å². The SMILES string of the molecule is CC[C@H](C)c1ccc(OCCn2cc(/C=C3/C(=N)N4C=C(C)SC4=NC3=O)c3ccccc32)cc1. The Bertz CT molecular complexity index is 1400. The third-order valence-electron chi connectivity index (χ3n) is 6.47. The van der Waals surface area contributed by atoms with E-state index in [4.69, 9.17) is 10.1 Å². The number of fused-ring (bicyclic) bond motifs is 2. The number of para-hydroxylation sites is 1. The summed E-state index contributed by atoms with van der Waals surface area (Å²) in [5.41, 5.74) is 3.56. The van der Waals surface area contributed by atoms with Crippen molar-refractivity contribution in [3.05, 3.63) is 82.5 Å². The van der Waals surface area contributed by atoms with E-state index in [0.29, 0.717) is 29.8 Å². The smallest absolute Gasteiger partial charge is 0.283 e. The van der Waals surface area contributed by atoms with Crippen molar-refractivity contribution >= 4 is 45.7 Å². The Hall–Kier alpha value is -3.58. The molecule has 6 nitrogen and oxygen atoms in total. The van der Waals surface area contributed by atoms with Gasteiger partial charge in [-0.15, -0.1) is 0 Å². The zero-order valence-electron chi connectivity index (χ0n) is 20.1. The Balaban J connectivity index is 1.36. The molecule has 3 aromatic rings. The first-order valence-electron chi connectivity index (χ1n) is 11.8. The molecular formula is C28H28N4O2S. The van der Waals surface area contributed by atoms with E-state index in [-0.39, 0.29) is 11.7 Å². The predicted octanol–water partition coefficient (Wildman–Crippen LogP) is 6.40. The van der Waals surface area contributed by atoms with Gasteiger partial charge in [-0.2, -0.15) is 4.99 Å². The number of allylic oxidation sites excluding steroid dienone is 1. The lowest BCUT2D eigenvalue weighted by Gasteiger charge is -2.22. The number of nitrogens with one attached hydrogen (secondary N) is 1. The maximum absolute atomic E-state index is 12.7. The molecule has 2 aromatic carbocycles. The van der Waals surface area contributed by atoms with E-state index < -0.39 is 0 Å². The topological polar surface area (TPSA) is 70.7 Å². The Labute approximate surface area is 209 Å². The summed E-state index contributed by atoms with van der Waals surface area (Å²) in [7, 11) is 0. The number of aromatic nitrogens is 1. The zero-order chi connectivity index (χ0) is 24.5. The second-order valence-corrected chi connectivity index (χ2v) is 10.1. The number of benzene rings is 2. The Kier molecular flexibility index (Phi) is 6.34. The number of hydrogen-bond acceptors (Lipinski definition) is 4. The number of hydrogen-bond donors (Lipinski definition) is 1. The molecule has 3 heterocycles. The van der Waals surface area contributed by atoms with Crippen LogP contribution in [0.15, 0.2) is 76.4 Å². The van der Waals surface area contributed by atoms with E-state index in [1.165, 1.54) is 17.3 Å². The summed E-state index contributed by atoms with van der Waals surface area (Å²) in [5, 5.41) is 10.2. The highest BCUT2D eigenvalue weighted by atomic mass is 32.2. The van der Waals surface area contributed by atoms with Crippen molar-refractivity contribution in [2.75, 3.05) is 6.61 Å². The highest BCUT2D eigenvalue weighted by molar-refractivity contribution is 8.17. The Morgan fingerprint density at radius 2 is 1.94 bits per heavy atom.